The minimum absolute atomic E-state index is 0.140. The van der Waals surface area contributed by atoms with Gasteiger partial charge in [0.2, 0.25) is 0 Å². The van der Waals surface area contributed by atoms with E-state index in [1.807, 2.05) is 0 Å². The fourth-order valence-corrected chi connectivity index (χ4v) is 2.58. The van der Waals surface area contributed by atoms with E-state index in [0.717, 1.165) is 12.8 Å². The second kappa shape index (κ2) is 3.38. The molecule has 0 atom stereocenters. The maximum absolute atomic E-state index is 11.8. The van der Waals surface area contributed by atoms with Crippen LogP contribution in [0.1, 0.15) is 12.8 Å². The molecule has 7 nitrogen and oxygen atoms in total. The molecule has 3 rings (SSSR count). The molecule has 2 heterocycles. The third-order valence-corrected chi connectivity index (χ3v) is 3.93. The van der Waals surface area contributed by atoms with Gasteiger partial charge in [0.25, 0.3) is 5.56 Å². The summed E-state index contributed by atoms with van der Waals surface area (Å²) in [6.45, 7) is 0.812. The Balaban J connectivity index is 1.93. The number of nitrogens with zero attached hydrogens (tertiary/aromatic N) is 2. The van der Waals surface area contributed by atoms with Crippen molar-refractivity contribution in [1.29, 1.82) is 0 Å². The number of hydrogen-bond donors (Lipinski definition) is 3. The van der Waals surface area contributed by atoms with Crippen molar-refractivity contribution in [3.05, 3.63) is 20.8 Å². The third kappa shape index (κ3) is 1.47. The molecule has 0 amide bonds. The van der Waals surface area contributed by atoms with Crippen molar-refractivity contribution in [2.24, 2.45) is 13.0 Å². The lowest BCUT2D eigenvalue weighted by Gasteiger charge is -2.48. The largest absolute Gasteiger partial charge is 0.386 e. The fourth-order valence-electron chi connectivity index (χ4n) is 2.58. The molecule has 4 N–H and O–H groups in total. The van der Waals surface area contributed by atoms with Crippen LogP contribution in [-0.2, 0) is 7.05 Å². The molecule has 1 aromatic heterocycles. The first kappa shape index (κ1) is 11.3. The summed E-state index contributed by atoms with van der Waals surface area (Å²) in [5.74, 6) is 0.489. The van der Waals surface area contributed by atoms with E-state index >= 15 is 0 Å². The molecule has 2 fully saturated rings. The molecule has 0 spiro atoms. The molecule has 0 radical (unpaired) electrons. The summed E-state index contributed by atoms with van der Waals surface area (Å²) in [7, 11) is 1.50. The average molecular weight is 252 g/mol. The summed E-state index contributed by atoms with van der Waals surface area (Å²) in [4.78, 5) is 27.1. The van der Waals surface area contributed by atoms with Gasteiger partial charge in [-0.15, -0.1) is 0 Å². The zero-order valence-electron chi connectivity index (χ0n) is 10.1. The molecule has 1 saturated carbocycles. The lowest BCUT2D eigenvalue weighted by Crippen LogP contribution is -2.64. The Morgan fingerprint density at radius 3 is 2.56 bits per heavy atom. The number of aliphatic hydroxyl groups is 1. The molecule has 0 unspecified atom stereocenters. The predicted octanol–water partition coefficient (Wildman–Crippen LogP) is -1.38. The Labute approximate surface area is 103 Å². The van der Waals surface area contributed by atoms with E-state index < -0.39 is 16.9 Å². The lowest BCUT2D eigenvalue weighted by atomic mass is 9.88. The number of hydrogen-bond acceptors (Lipinski definition) is 5. The van der Waals surface area contributed by atoms with Gasteiger partial charge in [-0.05, 0) is 18.8 Å². The summed E-state index contributed by atoms with van der Waals surface area (Å²) in [6, 6.07) is 0. The van der Waals surface area contributed by atoms with Gasteiger partial charge in [0.1, 0.15) is 17.1 Å². The first-order valence-corrected chi connectivity index (χ1v) is 5.98. The van der Waals surface area contributed by atoms with Gasteiger partial charge in [-0.25, -0.2) is 4.79 Å². The van der Waals surface area contributed by atoms with E-state index in [4.69, 9.17) is 5.73 Å². The highest BCUT2D eigenvalue weighted by molar-refractivity contribution is 5.64. The smallest absolute Gasteiger partial charge is 0.329 e. The molecule has 2 aliphatic rings. The Morgan fingerprint density at radius 1 is 1.39 bits per heavy atom. The maximum Gasteiger partial charge on any atom is 0.329 e. The average Bonchev–Trinajstić information content (AvgIpc) is 3.07. The van der Waals surface area contributed by atoms with E-state index in [1.54, 1.807) is 4.90 Å². The van der Waals surface area contributed by atoms with Gasteiger partial charge in [0, 0.05) is 20.1 Å². The third-order valence-electron chi connectivity index (χ3n) is 3.93. The second-order valence-electron chi connectivity index (χ2n) is 5.29. The molecule has 18 heavy (non-hydrogen) atoms. The maximum atomic E-state index is 11.8. The van der Waals surface area contributed by atoms with E-state index in [9.17, 15) is 14.7 Å². The van der Waals surface area contributed by atoms with Gasteiger partial charge in [-0.3, -0.25) is 14.3 Å². The van der Waals surface area contributed by atoms with Crippen molar-refractivity contribution < 1.29 is 5.11 Å². The van der Waals surface area contributed by atoms with E-state index in [1.165, 1.54) is 11.6 Å². The molecular formula is C11H16N4O3. The zero-order valence-corrected chi connectivity index (χ0v) is 10.1. The van der Waals surface area contributed by atoms with Crippen molar-refractivity contribution in [3.63, 3.8) is 0 Å². The number of β-amino-alcohol motifs (C(OH)–C–C–N with tert-alkyl or cyclic N) is 1. The minimum Gasteiger partial charge on any atom is -0.386 e. The first-order chi connectivity index (χ1) is 8.42. The van der Waals surface area contributed by atoms with Crippen LogP contribution in [0.3, 0.4) is 0 Å². The van der Waals surface area contributed by atoms with Crippen molar-refractivity contribution in [2.75, 3.05) is 23.7 Å². The van der Waals surface area contributed by atoms with Gasteiger partial charge < -0.3 is 15.7 Å². The highest BCUT2D eigenvalue weighted by Crippen LogP contribution is 2.45. The van der Waals surface area contributed by atoms with Crippen molar-refractivity contribution in [2.45, 2.75) is 18.4 Å². The molecule has 7 heteroatoms. The predicted molar refractivity (Wildman–Crippen MR) is 66.6 cm³/mol. The van der Waals surface area contributed by atoms with Crippen LogP contribution in [-0.4, -0.2) is 33.3 Å². The van der Waals surface area contributed by atoms with Crippen LogP contribution in [0.15, 0.2) is 9.59 Å². The lowest BCUT2D eigenvalue weighted by molar-refractivity contribution is -0.00941. The number of aromatic amines is 1. The van der Waals surface area contributed by atoms with E-state index in [2.05, 4.69) is 4.98 Å². The summed E-state index contributed by atoms with van der Waals surface area (Å²) in [5, 5.41) is 10.2. The molecule has 1 saturated heterocycles. The van der Waals surface area contributed by atoms with Gasteiger partial charge in [-0.1, -0.05) is 0 Å². The standard InChI is InChI=1S/C11H16N4O3/c1-14-8(12)7(9(16)13-10(14)17)15-4-11(18,5-15)6-2-3-6/h6,18H,2-5,12H2,1H3,(H,13,16,17). The number of nitrogen functional groups attached to an aromatic ring is 1. The van der Waals surface area contributed by atoms with Crippen LogP contribution in [0.2, 0.25) is 0 Å². The minimum atomic E-state index is -0.687. The van der Waals surface area contributed by atoms with E-state index in [0.29, 0.717) is 19.0 Å². The number of nitrogens with one attached hydrogen (secondary N) is 1. The SMILES string of the molecule is Cn1c(N)c(N2CC(O)(C3CC3)C2)c(=O)[nH]c1=O. The van der Waals surface area contributed by atoms with Gasteiger partial charge in [0.05, 0.1) is 0 Å². The quantitative estimate of drug-likeness (QED) is 0.601. The summed E-state index contributed by atoms with van der Waals surface area (Å²) < 4.78 is 1.20. The topological polar surface area (TPSA) is 104 Å². The summed E-state index contributed by atoms with van der Waals surface area (Å²) in [6.07, 6.45) is 2.09. The Hall–Kier alpha value is -1.76. The molecule has 1 aromatic rings. The van der Waals surface area contributed by atoms with Crippen LogP contribution >= 0.6 is 0 Å². The molecule has 98 valence electrons. The van der Waals surface area contributed by atoms with Crippen LogP contribution in [0.25, 0.3) is 0 Å². The van der Waals surface area contributed by atoms with Crippen molar-refractivity contribution in [1.82, 2.24) is 9.55 Å². The Bertz CT molecular complexity index is 608. The Morgan fingerprint density at radius 2 is 2.00 bits per heavy atom. The summed E-state index contributed by atoms with van der Waals surface area (Å²) >= 11 is 0. The number of rotatable bonds is 2. The fraction of sp³-hybridized carbons (Fsp3) is 0.636. The zero-order chi connectivity index (χ0) is 13.1. The molecule has 0 bridgehead atoms. The number of nitrogens with two attached hydrogens (primary N) is 1. The first-order valence-electron chi connectivity index (χ1n) is 5.98. The number of anilines is 2. The summed E-state index contributed by atoms with van der Waals surface area (Å²) in [5.41, 5.74) is 4.37. The van der Waals surface area contributed by atoms with Crippen LogP contribution in [0.4, 0.5) is 11.5 Å². The van der Waals surface area contributed by atoms with E-state index in [-0.39, 0.29) is 11.5 Å². The molecule has 1 aliphatic carbocycles. The van der Waals surface area contributed by atoms with Crippen molar-refractivity contribution >= 4 is 11.5 Å². The van der Waals surface area contributed by atoms with Crippen LogP contribution in [0.5, 0.6) is 0 Å². The van der Waals surface area contributed by atoms with Gasteiger partial charge in [0.15, 0.2) is 0 Å². The highest BCUT2D eigenvalue weighted by Gasteiger charge is 2.52. The second-order valence-corrected chi connectivity index (χ2v) is 5.29. The van der Waals surface area contributed by atoms with Gasteiger partial charge >= 0.3 is 5.69 Å². The molecule has 0 aromatic carbocycles. The van der Waals surface area contributed by atoms with Gasteiger partial charge in [-0.2, -0.15) is 0 Å². The molecule has 1 aliphatic heterocycles. The number of H-pyrrole nitrogens is 1. The van der Waals surface area contributed by atoms with Crippen LogP contribution in [0, 0.1) is 5.92 Å². The Kier molecular flexibility index (Phi) is 2.13. The normalized spacial score (nSPS) is 21.8. The number of aromatic nitrogens is 2. The van der Waals surface area contributed by atoms with Crippen LogP contribution < -0.4 is 21.9 Å². The van der Waals surface area contributed by atoms with Crippen molar-refractivity contribution in [3.8, 4) is 0 Å². The highest BCUT2D eigenvalue weighted by atomic mass is 16.3. The monoisotopic (exact) mass is 252 g/mol. The molecular weight excluding hydrogens is 236 g/mol.